The second kappa shape index (κ2) is 38.6. The first-order valence-electron chi connectivity index (χ1n) is 28.2. The molecule has 0 aliphatic carbocycles. The van der Waals surface area contributed by atoms with Gasteiger partial charge in [0.2, 0.25) is 0 Å². The van der Waals surface area contributed by atoms with E-state index >= 15 is 0 Å². The average Bonchev–Trinajstić information content (AvgIpc) is 3.83. The van der Waals surface area contributed by atoms with Gasteiger partial charge in [0.05, 0.1) is 0 Å². The van der Waals surface area contributed by atoms with E-state index in [-0.39, 0.29) is 58.9 Å². The van der Waals surface area contributed by atoms with Crippen LogP contribution >= 0.6 is 0 Å². The minimum atomic E-state index is -2.93. The second-order valence-electron chi connectivity index (χ2n) is 20.5. The van der Waals surface area contributed by atoms with Gasteiger partial charge in [0.1, 0.15) is 8.07 Å². The Bertz CT molecular complexity index is 1810. The zero-order chi connectivity index (χ0) is 46.7. The summed E-state index contributed by atoms with van der Waals surface area (Å²) in [6.07, 6.45) is 38.3. The van der Waals surface area contributed by atoms with Crippen LogP contribution in [-0.4, -0.2) is 8.07 Å². The van der Waals surface area contributed by atoms with Crippen molar-refractivity contribution < 1.29 is 58.9 Å². The van der Waals surface area contributed by atoms with Gasteiger partial charge in [-0.05, 0) is 110 Å². The van der Waals surface area contributed by atoms with Gasteiger partial charge in [-0.1, -0.05) is 263 Å². The average molecular weight is 1060 g/mol. The van der Waals surface area contributed by atoms with E-state index in [4.69, 9.17) is 0 Å². The van der Waals surface area contributed by atoms with Crippen LogP contribution in [0, 0.1) is 0 Å². The summed E-state index contributed by atoms with van der Waals surface area (Å²) in [4.78, 5) is 0. The molecule has 0 radical (unpaired) electrons. The van der Waals surface area contributed by atoms with Crippen LogP contribution in [-0.2, 0) is 60.2 Å². The minimum Gasteiger partial charge on any atom is -1.00 e. The summed E-state index contributed by atoms with van der Waals surface area (Å²) in [5.74, 6) is 0. The molecule has 0 fully saturated rings. The van der Waals surface area contributed by atoms with Crippen molar-refractivity contribution in [2.45, 2.75) is 234 Å². The van der Waals surface area contributed by atoms with E-state index < -0.39 is 8.07 Å². The van der Waals surface area contributed by atoms with Crippen molar-refractivity contribution in [2.24, 2.45) is 0 Å². The summed E-state index contributed by atoms with van der Waals surface area (Å²) >= 11 is 0. The molecule has 384 valence electrons. The van der Waals surface area contributed by atoms with Gasteiger partial charge in [-0.3, -0.25) is 0 Å². The monoisotopic (exact) mass is 1060 g/mol. The van der Waals surface area contributed by atoms with Crippen LogP contribution in [0.5, 0.6) is 0 Å². The first kappa shape index (κ1) is 66.0. The molecule has 0 aliphatic rings. The van der Waals surface area contributed by atoms with Crippen LogP contribution in [0.25, 0.3) is 11.1 Å². The molecular formula is C65H95Cl3SiTi. The SMILES string of the molecule is CCCCCCc1cc(CCCCCC)cc([Si](c2cc(CCCCCC)cc(CCCCCC)c2)(c2cc(CCCCCC)cc(CCCCCC)c2)[c-]2ccc(-c3ccccc3)c2)c1.[Cl-].[Cl-].[Cl-].[Ti+4]. The van der Waals surface area contributed by atoms with Crippen molar-refractivity contribution in [3.63, 3.8) is 0 Å². The summed E-state index contributed by atoms with van der Waals surface area (Å²) < 4.78 is 0. The maximum Gasteiger partial charge on any atom is 4.00 e. The minimum absolute atomic E-state index is 0. The molecule has 0 atom stereocenters. The Morgan fingerprint density at radius 2 is 0.586 bits per heavy atom. The van der Waals surface area contributed by atoms with Crippen molar-refractivity contribution in [1.82, 2.24) is 0 Å². The molecular weight excluding hydrogens is 963 g/mol. The van der Waals surface area contributed by atoms with Crippen LogP contribution in [0.3, 0.4) is 0 Å². The molecule has 0 amide bonds. The van der Waals surface area contributed by atoms with Crippen LogP contribution < -0.4 is 58.0 Å². The molecule has 5 aromatic carbocycles. The van der Waals surface area contributed by atoms with Gasteiger partial charge in [0, 0.05) is 0 Å². The number of hydrogen-bond donors (Lipinski definition) is 0. The summed E-state index contributed by atoms with van der Waals surface area (Å²) in [6.45, 7) is 14.1. The van der Waals surface area contributed by atoms with Gasteiger partial charge in [-0.15, -0.1) is 5.19 Å². The summed E-state index contributed by atoms with van der Waals surface area (Å²) in [5.41, 5.74) is 12.1. The van der Waals surface area contributed by atoms with Gasteiger partial charge < -0.3 is 37.2 Å². The molecule has 0 saturated heterocycles. The van der Waals surface area contributed by atoms with Crippen LogP contribution in [0.1, 0.15) is 229 Å². The van der Waals surface area contributed by atoms with Gasteiger partial charge in [-0.2, -0.15) is 17.7 Å². The maximum absolute atomic E-state index is 2.93. The zero-order valence-electron chi connectivity index (χ0n) is 45.2. The van der Waals surface area contributed by atoms with Gasteiger partial charge >= 0.3 is 21.7 Å². The fourth-order valence-corrected chi connectivity index (χ4v) is 15.9. The Balaban J connectivity index is 0.00000612. The molecule has 5 aromatic rings. The molecule has 0 unspecified atom stereocenters. The molecule has 5 rings (SSSR count). The summed E-state index contributed by atoms with van der Waals surface area (Å²) in [6, 6.07) is 43.6. The third-order valence-electron chi connectivity index (χ3n) is 14.7. The molecule has 0 aromatic heterocycles. The number of aryl methyl sites for hydroxylation is 6. The number of halogens is 3. The molecule has 70 heavy (non-hydrogen) atoms. The third kappa shape index (κ3) is 21.1. The van der Waals surface area contributed by atoms with E-state index in [1.807, 2.05) is 0 Å². The van der Waals surface area contributed by atoms with E-state index in [0.29, 0.717) is 0 Å². The molecule has 0 nitrogen and oxygen atoms in total. The molecule has 0 bridgehead atoms. The standard InChI is InChI=1S/C65H95Si.3ClH.Ti/c1-7-13-19-26-34-54-44-55(35-27-20-14-8-2)48-63(47-54)66(62-43-42-61(53-62)60-40-32-25-33-41-60,64-49-56(36-28-21-15-9-3)45-57(50-64)37-29-22-16-10-4)65-51-58(38-30-23-17-11-5)46-59(52-65)39-31-24-18-12-6;;;;/h25,32-33,40-53H,7-24,26-31,34-39H2,1-6H3;3*1H;/q-1;;;;+4/p-3. The Morgan fingerprint density at radius 1 is 0.314 bits per heavy atom. The summed E-state index contributed by atoms with van der Waals surface area (Å²) in [5, 5.41) is 6.46. The predicted octanol–water partition coefficient (Wildman–Crippen LogP) is 8.20. The maximum atomic E-state index is 2.77. The van der Waals surface area contributed by atoms with Crippen molar-refractivity contribution in [3.05, 3.63) is 137 Å². The second-order valence-corrected chi connectivity index (χ2v) is 24.3. The van der Waals surface area contributed by atoms with E-state index in [0.717, 1.165) is 0 Å². The van der Waals surface area contributed by atoms with Gasteiger partial charge in [0.15, 0.2) is 0 Å². The molecule has 0 heterocycles. The molecule has 0 saturated carbocycles. The van der Waals surface area contributed by atoms with Crippen molar-refractivity contribution in [1.29, 1.82) is 0 Å². The van der Waals surface area contributed by atoms with Gasteiger partial charge in [-0.25, -0.2) is 6.07 Å². The quantitative estimate of drug-likeness (QED) is 0.0166. The molecule has 0 aliphatic heterocycles. The molecule has 0 spiro atoms. The van der Waals surface area contributed by atoms with E-state index in [9.17, 15) is 0 Å². The smallest absolute Gasteiger partial charge is 1.00 e. The van der Waals surface area contributed by atoms with E-state index in [1.54, 1.807) is 54.1 Å². The number of rotatable bonds is 35. The zero-order valence-corrected chi connectivity index (χ0v) is 50.0. The predicted molar refractivity (Wildman–Crippen MR) is 298 cm³/mol. The van der Waals surface area contributed by atoms with E-state index in [1.165, 1.54) is 204 Å². The summed E-state index contributed by atoms with van der Waals surface area (Å²) in [7, 11) is -2.93. The Morgan fingerprint density at radius 3 is 0.843 bits per heavy atom. The number of unbranched alkanes of at least 4 members (excludes halogenated alkanes) is 18. The largest absolute Gasteiger partial charge is 4.00 e. The van der Waals surface area contributed by atoms with Crippen molar-refractivity contribution in [2.75, 3.05) is 0 Å². The van der Waals surface area contributed by atoms with Crippen molar-refractivity contribution >= 4 is 28.8 Å². The molecule has 5 heteroatoms. The van der Waals surface area contributed by atoms with E-state index in [2.05, 4.69) is 145 Å². The van der Waals surface area contributed by atoms with Crippen molar-refractivity contribution in [3.8, 4) is 11.1 Å². The van der Waals surface area contributed by atoms with Crippen LogP contribution in [0.15, 0.2) is 103 Å². The Labute approximate surface area is 466 Å². The fraction of sp³-hybridized carbons (Fsp3) is 0.554. The van der Waals surface area contributed by atoms with Crippen LogP contribution in [0.4, 0.5) is 0 Å². The normalized spacial score (nSPS) is 11.1. The number of hydrogen-bond acceptors (Lipinski definition) is 0. The van der Waals surface area contributed by atoms with Gasteiger partial charge in [0.25, 0.3) is 0 Å². The first-order valence-corrected chi connectivity index (χ1v) is 30.2. The first-order chi connectivity index (χ1) is 32.5. The topological polar surface area (TPSA) is 0 Å². The fourth-order valence-electron chi connectivity index (χ4n) is 10.8. The number of benzene rings is 4. The Kier molecular flexibility index (Phi) is 36.4. The third-order valence-corrected chi connectivity index (χ3v) is 19.3. The molecule has 0 N–H and O–H groups in total. The van der Waals surface area contributed by atoms with Crippen LogP contribution in [0.2, 0.25) is 0 Å². The Hall–Kier alpha value is -1.97.